The van der Waals surface area contributed by atoms with E-state index >= 15 is 0 Å². The lowest BCUT2D eigenvalue weighted by atomic mass is 10.2. The van der Waals surface area contributed by atoms with Gasteiger partial charge in [0.2, 0.25) is 0 Å². The molecule has 0 aliphatic rings. The Morgan fingerprint density at radius 3 is 2.50 bits per heavy atom. The minimum Gasteiger partial charge on any atom is -0.508 e. The summed E-state index contributed by atoms with van der Waals surface area (Å²) in [4.78, 5) is 12.0. The Morgan fingerprint density at radius 1 is 1.03 bits per heavy atom. The zero-order chi connectivity index (χ0) is 21.5. The van der Waals surface area contributed by atoms with Crippen LogP contribution in [0.2, 0.25) is 10.0 Å². The number of nitrogens with zero attached hydrogens (tertiary/aromatic N) is 1. The molecule has 0 atom stereocenters. The van der Waals surface area contributed by atoms with Gasteiger partial charge in [-0.05, 0) is 65.7 Å². The third kappa shape index (κ3) is 5.65. The van der Waals surface area contributed by atoms with Crippen LogP contribution in [0, 0.1) is 0 Å². The summed E-state index contributed by atoms with van der Waals surface area (Å²) in [5.41, 5.74) is 4.39. The second kappa shape index (κ2) is 10.0. The van der Waals surface area contributed by atoms with Crippen molar-refractivity contribution in [3.05, 3.63) is 87.4 Å². The van der Waals surface area contributed by atoms with Gasteiger partial charge in [0, 0.05) is 5.56 Å². The molecule has 0 unspecified atom stereocenters. The number of hydrogen-bond acceptors (Lipinski definition) is 5. The molecule has 1 amide bonds. The molecule has 0 bridgehead atoms. The van der Waals surface area contributed by atoms with Gasteiger partial charge in [-0.15, -0.1) is 0 Å². The largest absolute Gasteiger partial charge is 0.508 e. The number of ether oxygens (including phenoxy) is 2. The van der Waals surface area contributed by atoms with Gasteiger partial charge in [0.15, 0.2) is 11.5 Å². The molecule has 0 fully saturated rings. The standard InChI is InChI=1S/C22H18Cl2N2O4/c1-29-21-11-14(12-25-26-22(28)16-4-6-17(27)7-5-16)3-9-20(21)30-13-15-2-8-18(23)19(24)10-15/h2-12,27H,13H2,1H3,(H,26,28)/b25-12+. The molecule has 154 valence electrons. The van der Waals surface area contributed by atoms with E-state index < -0.39 is 0 Å². The molecule has 6 nitrogen and oxygen atoms in total. The van der Waals surface area contributed by atoms with Gasteiger partial charge >= 0.3 is 0 Å². The van der Waals surface area contributed by atoms with E-state index in [9.17, 15) is 9.90 Å². The number of halogens is 2. The molecule has 0 radical (unpaired) electrons. The van der Waals surface area contributed by atoms with Crippen molar-refractivity contribution >= 4 is 35.3 Å². The topological polar surface area (TPSA) is 80.2 Å². The maximum atomic E-state index is 12.0. The Hall–Kier alpha value is -3.22. The Bertz CT molecular complexity index is 1070. The summed E-state index contributed by atoms with van der Waals surface area (Å²) in [5, 5.41) is 14.2. The zero-order valence-electron chi connectivity index (χ0n) is 15.9. The lowest BCUT2D eigenvalue weighted by molar-refractivity contribution is 0.0955. The summed E-state index contributed by atoms with van der Waals surface area (Å²) in [6.45, 7) is 0.295. The highest BCUT2D eigenvalue weighted by Gasteiger charge is 2.07. The molecule has 30 heavy (non-hydrogen) atoms. The number of amides is 1. The minimum absolute atomic E-state index is 0.0867. The van der Waals surface area contributed by atoms with Crippen LogP contribution in [0.25, 0.3) is 0 Å². The van der Waals surface area contributed by atoms with Crippen molar-refractivity contribution < 1.29 is 19.4 Å². The predicted octanol–water partition coefficient (Wildman–Crippen LogP) is 5.05. The summed E-state index contributed by atoms with van der Waals surface area (Å²) in [5.74, 6) is 0.765. The van der Waals surface area contributed by atoms with Crippen LogP contribution in [0.1, 0.15) is 21.5 Å². The number of nitrogens with one attached hydrogen (secondary N) is 1. The van der Waals surface area contributed by atoms with Crippen LogP contribution in [-0.2, 0) is 6.61 Å². The maximum absolute atomic E-state index is 12.0. The third-order valence-corrected chi connectivity index (χ3v) is 4.81. The highest BCUT2D eigenvalue weighted by Crippen LogP contribution is 2.29. The average molecular weight is 445 g/mol. The van der Waals surface area contributed by atoms with Crippen molar-refractivity contribution in [3.8, 4) is 17.2 Å². The number of methoxy groups -OCH3 is 1. The Kier molecular flexibility index (Phi) is 7.17. The fourth-order valence-corrected chi connectivity index (χ4v) is 2.84. The molecule has 0 aliphatic carbocycles. The van der Waals surface area contributed by atoms with Crippen LogP contribution < -0.4 is 14.9 Å². The molecule has 0 aliphatic heterocycles. The third-order valence-electron chi connectivity index (χ3n) is 4.08. The molecule has 0 saturated carbocycles. The van der Waals surface area contributed by atoms with Crippen molar-refractivity contribution in [1.29, 1.82) is 0 Å². The monoisotopic (exact) mass is 444 g/mol. The predicted molar refractivity (Wildman–Crippen MR) is 117 cm³/mol. The molecule has 0 aromatic heterocycles. The van der Waals surface area contributed by atoms with Gasteiger partial charge in [0.1, 0.15) is 12.4 Å². The summed E-state index contributed by atoms with van der Waals surface area (Å²) in [7, 11) is 1.54. The average Bonchev–Trinajstić information content (AvgIpc) is 2.75. The van der Waals surface area contributed by atoms with Crippen molar-refractivity contribution in [2.75, 3.05) is 7.11 Å². The molecule has 3 aromatic carbocycles. The maximum Gasteiger partial charge on any atom is 0.271 e. The van der Waals surface area contributed by atoms with Gasteiger partial charge in [-0.25, -0.2) is 5.43 Å². The number of carbonyl (C=O) groups excluding carboxylic acids is 1. The highest BCUT2D eigenvalue weighted by atomic mass is 35.5. The van der Waals surface area contributed by atoms with E-state index in [4.69, 9.17) is 32.7 Å². The molecular weight excluding hydrogens is 427 g/mol. The molecule has 0 saturated heterocycles. The highest BCUT2D eigenvalue weighted by molar-refractivity contribution is 6.42. The fourth-order valence-electron chi connectivity index (χ4n) is 2.52. The SMILES string of the molecule is COc1cc(/C=N/NC(=O)c2ccc(O)cc2)ccc1OCc1ccc(Cl)c(Cl)c1. The number of benzene rings is 3. The second-order valence-electron chi connectivity index (χ2n) is 6.19. The lowest BCUT2D eigenvalue weighted by Gasteiger charge is -2.11. The van der Waals surface area contributed by atoms with Crippen LogP contribution in [0.3, 0.4) is 0 Å². The van der Waals surface area contributed by atoms with Gasteiger partial charge in [0.05, 0.1) is 23.4 Å². The summed E-state index contributed by atoms with van der Waals surface area (Å²) >= 11 is 11.9. The first-order chi connectivity index (χ1) is 14.5. The van der Waals surface area contributed by atoms with Crippen LogP contribution in [0.4, 0.5) is 0 Å². The zero-order valence-corrected chi connectivity index (χ0v) is 17.4. The van der Waals surface area contributed by atoms with Crippen LogP contribution in [0.5, 0.6) is 17.2 Å². The number of phenols is 1. The summed E-state index contributed by atoms with van der Waals surface area (Å²) in [6, 6.07) is 16.4. The smallest absolute Gasteiger partial charge is 0.271 e. The van der Waals surface area contributed by atoms with Gasteiger partial charge in [-0.1, -0.05) is 29.3 Å². The van der Waals surface area contributed by atoms with Gasteiger partial charge in [-0.3, -0.25) is 4.79 Å². The number of hydrogen-bond donors (Lipinski definition) is 2. The second-order valence-corrected chi connectivity index (χ2v) is 7.01. The first-order valence-corrected chi connectivity index (χ1v) is 9.59. The number of carbonyl (C=O) groups is 1. The van der Waals surface area contributed by atoms with Crippen LogP contribution >= 0.6 is 23.2 Å². The Labute approximate surface area is 183 Å². The lowest BCUT2D eigenvalue weighted by Crippen LogP contribution is -2.17. The number of aromatic hydroxyl groups is 1. The van der Waals surface area contributed by atoms with Crippen molar-refractivity contribution in [2.24, 2.45) is 5.10 Å². The first-order valence-electron chi connectivity index (χ1n) is 8.83. The summed E-state index contributed by atoms with van der Waals surface area (Å²) < 4.78 is 11.2. The van der Waals surface area contributed by atoms with Gasteiger partial charge < -0.3 is 14.6 Å². The molecule has 3 aromatic rings. The van der Waals surface area contributed by atoms with E-state index in [1.165, 1.54) is 37.6 Å². The van der Waals surface area contributed by atoms with Gasteiger partial charge in [0.25, 0.3) is 5.91 Å². The van der Waals surface area contributed by atoms with E-state index in [1.807, 2.05) is 6.07 Å². The quantitative estimate of drug-likeness (QED) is 0.394. The summed E-state index contributed by atoms with van der Waals surface area (Å²) in [6.07, 6.45) is 1.49. The van der Waals surface area contributed by atoms with Crippen molar-refractivity contribution in [2.45, 2.75) is 6.61 Å². The van der Waals surface area contributed by atoms with E-state index in [-0.39, 0.29) is 11.7 Å². The number of hydrazone groups is 1. The molecule has 0 heterocycles. The molecule has 0 spiro atoms. The number of rotatable bonds is 7. The molecule has 8 heteroatoms. The van der Waals surface area contributed by atoms with Crippen LogP contribution in [0.15, 0.2) is 65.8 Å². The van der Waals surface area contributed by atoms with Crippen molar-refractivity contribution in [1.82, 2.24) is 5.43 Å². The first kappa shape index (κ1) is 21.5. The number of phenolic OH excluding ortho intramolecular Hbond substituents is 1. The van der Waals surface area contributed by atoms with Crippen molar-refractivity contribution in [3.63, 3.8) is 0 Å². The molecular formula is C22H18Cl2N2O4. The fraction of sp³-hybridized carbons (Fsp3) is 0.0909. The van der Waals surface area contributed by atoms with Crippen LogP contribution in [-0.4, -0.2) is 24.3 Å². The normalized spacial score (nSPS) is 10.8. The van der Waals surface area contributed by atoms with E-state index in [0.717, 1.165) is 5.56 Å². The van der Waals surface area contributed by atoms with Gasteiger partial charge in [-0.2, -0.15) is 5.10 Å². The van der Waals surface area contributed by atoms with E-state index in [1.54, 1.807) is 30.3 Å². The Morgan fingerprint density at radius 2 is 1.80 bits per heavy atom. The Balaban J connectivity index is 1.62. The van der Waals surface area contributed by atoms with E-state index in [0.29, 0.717) is 39.3 Å². The van der Waals surface area contributed by atoms with E-state index in [2.05, 4.69) is 10.5 Å². The molecule has 3 rings (SSSR count). The minimum atomic E-state index is -0.389. The molecule has 2 N–H and O–H groups in total.